The number of aryl methyl sites for hydroxylation is 2. The number of nitrogens with zero attached hydrogens (tertiary/aromatic N) is 2. The third-order valence-corrected chi connectivity index (χ3v) is 4.73. The molecular formula is C17H28N4O2. The maximum Gasteiger partial charge on any atom is 0.247 e. The molecule has 6 nitrogen and oxygen atoms in total. The minimum Gasteiger partial charge on any atom is -0.345 e. The molecule has 0 aromatic carbocycles. The lowest BCUT2D eigenvalue weighted by Gasteiger charge is -2.22. The normalized spacial score (nSPS) is 16.9. The second kappa shape index (κ2) is 7.62. The molecule has 1 heterocycles. The van der Waals surface area contributed by atoms with Crippen LogP contribution in [0.4, 0.5) is 5.82 Å². The lowest BCUT2D eigenvalue weighted by molar-refractivity contribution is -0.127. The van der Waals surface area contributed by atoms with Crippen molar-refractivity contribution in [1.29, 1.82) is 0 Å². The molecule has 0 radical (unpaired) electrons. The molecule has 2 rings (SSSR count). The third kappa shape index (κ3) is 4.56. The van der Waals surface area contributed by atoms with Gasteiger partial charge in [0.25, 0.3) is 0 Å². The van der Waals surface area contributed by atoms with Gasteiger partial charge in [0.15, 0.2) is 0 Å². The van der Waals surface area contributed by atoms with E-state index in [-0.39, 0.29) is 11.8 Å². The monoisotopic (exact) mass is 320 g/mol. The summed E-state index contributed by atoms with van der Waals surface area (Å²) in [4.78, 5) is 24.4. The van der Waals surface area contributed by atoms with Gasteiger partial charge in [0.2, 0.25) is 11.8 Å². The molecule has 23 heavy (non-hydrogen) atoms. The van der Waals surface area contributed by atoms with E-state index < -0.39 is 6.04 Å². The van der Waals surface area contributed by atoms with Gasteiger partial charge in [-0.15, -0.1) is 0 Å². The minimum absolute atomic E-state index is 0.0301. The number of rotatable bonds is 5. The number of hydrogen-bond acceptors (Lipinski definition) is 3. The van der Waals surface area contributed by atoms with Crippen LogP contribution in [0.25, 0.3) is 0 Å². The SMILES string of the molecule is Cc1nn(C)c(NC(=O)C(C)NC(=O)CC2CCCCC2)c1C. The molecular weight excluding hydrogens is 292 g/mol. The highest BCUT2D eigenvalue weighted by Gasteiger charge is 2.21. The van der Waals surface area contributed by atoms with Crippen molar-refractivity contribution < 1.29 is 9.59 Å². The van der Waals surface area contributed by atoms with E-state index in [9.17, 15) is 9.59 Å². The van der Waals surface area contributed by atoms with E-state index in [4.69, 9.17) is 0 Å². The number of nitrogens with one attached hydrogen (secondary N) is 2. The van der Waals surface area contributed by atoms with Gasteiger partial charge in [0.05, 0.1) is 5.69 Å². The van der Waals surface area contributed by atoms with Crippen LogP contribution in [-0.4, -0.2) is 27.6 Å². The number of carbonyl (C=O) groups excluding carboxylic acids is 2. The predicted molar refractivity (Wildman–Crippen MR) is 90.1 cm³/mol. The lowest BCUT2D eigenvalue weighted by atomic mass is 9.87. The Morgan fingerprint density at radius 1 is 1.26 bits per heavy atom. The zero-order valence-electron chi connectivity index (χ0n) is 14.6. The summed E-state index contributed by atoms with van der Waals surface area (Å²) in [6.45, 7) is 5.54. The molecule has 128 valence electrons. The number of carbonyl (C=O) groups is 2. The van der Waals surface area contributed by atoms with Crippen molar-refractivity contribution in [1.82, 2.24) is 15.1 Å². The van der Waals surface area contributed by atoms with Crippen molar-refractivity contribution in [2.45, 2.75) is 65.3 Å². The molecule has 6 heteroatoms. The van der Waals surface area contributed by atoms with Crippen molar-refractivity contribution in [2.24, 2.45) is 13.0 Å². The lowest BCUT2D eigenvalue weighted by Crippen LogP contribution is -2.42. The van der Waals surface area contributed by atoms with Gasteiger partial charge < -0.3 is 10.6 Å². The molecule has 1 saturated carbocycles. The van der Waals surface area contributed by atoms with E-state index in [1.807, 2.05) is 13.8 Å². The molecule has 1 atom stereocenters. The molecule has 2 amide bonds. The van der Waals surface area contributed by atoms with Crippen LogP contribution in [0, 0.1) is 19.8 Å². The van der Waals surface area contributed by atoms with Crippen LogP contribution in [0.1, 0.15) is 56.7 Å². The Morgan fingerprint density at radius 3 is 2.48 bits per heavy atom. The Bertz CT molecular complexity index is 573. The summed E-state index contributed by atoms with van der Waals surface area (Å²) in [6.07, 6.45) is 6.49. The Morgan fingerprint density at radius 2 is 1.91 bits per heavy atom. The standard InChI is InChI=1S/C17H28N4O2/c1-11-12(2)20-21(4)16(11)19-17(23)13(3)18-15(22)10-14-8-6-5-7-9-14/h13-14H,5-10H2,1-4H3,(H,18,22)(H,19,23). The van der Waals surface area contributed by atoms with Crippen molar-refractivity contribution in [3.8, 4) is 0 Å². The zero-order chi connectivity index (χ0) is 17.0. The summed E-state index contributed by atoms with van der Waals surface area (Å²) in [5.41, 5.74) is 1.83. The molecule has 0 saturated heterocycles. The van der Waals surface area contributed by atoms with Gasteiger partial charge in [0, 0.05) is 19.0 Å². The number of amides is 2. The van der Waals surface area contributed by atoms with Gasteiger partial charge in [-0.2, -0.15) is 5.10 Å². The summed E-state index contributed by atoms with van der Waals surface area (Å²) >= 11 is 0. The highest BCUT2D eigenvalue weighted by molar-refractivity contribution is 5.96. The summed E-state index contributed by atoms with van der Waals surface area (Å²) in [7, 11) is 1.79. The number of aromatic nitrogens is 2. The van der Waals surface area contributed by atoms with E-state index in [2.05, 4.69) is 15.7 Å². The molecule has 1 aromatic rings. The molecule has 0 spiro atoms. The second-order valence-electron chi connectivity index (χ2n) is 6.67. The predicted octanol–water partition coefficient (Wildman–Crippen LogP) is 2.45. The summed E-state index contributed by atoms with van der Waals surface area (Å²) in [5, 5.41) is 9.94. The first-order valence-corrected chi connectivity index (χ1v) is 8.49. The van der Waals surface area contributed by atoms with E-state index in [1.54, 1.807) is 18.7 Å². The highest BCUT2D eigenvalue weighted by atomic mass is 16.2. The van der Waals surface area contributed by atoms with Gasteiger partial charge in [-0.25, -0.2) is 0 Å². The molecule has 1 fully saturated rings. The first-order valence-electron chi connectivity index (χ1n) is 8.49. The molecule has 0 aliphatic heterocycles. The van der Waals surface area contributed by atoms with Crippen LogP contribution in [0.5, 0.6) is 0 Å². The van der Waals surface area contributed by atoms with Gasteiger partial charge in [-0.3, -0.25) is 14.3 Å². The van der Waals surface area contributed by atoms with Crippen LogP contribution in [0.3, 0.4) is 0 Å². The maximum absolute atomic E-state index is 12.3. The topological polar surface area (TPSA) is 76.0 Å². The fraction of sp³-hybridized carbons (Fsp3) is 0.706. The van der Waals surface area contributed by atoms with Gasteiger partial charge in [0.1, 0.15) is 11.9 Å². The van der Waals surface area contributed by atoms with Gasteiger partial charge in [-0.1, -0.05) is 19.3 Å². The van der Waals surface area contributed by atoms with Gasteiger partial charge >= 0.3 is 0 Å². The van der Waals surface area contributed by atoms with E-state index >= 15 is 0 Å². The molecule has 2 N–H and O–H groups in total. The zero-order valence-corrected chi connectivity index (χ0v) is 14.6. The molecule has 1 aromatic heterocycles. The quantitative estimate of drug-likeness (QED) is 0.875. The van der Waals surface area contributed by atoms with Gasteiger partial charge in [-0.05, 0) is 39.5 Å². The fourth-order valence-corrected chi connectivity index (χ4v) is 3.18. The maximum atomic E-state index is 12.3. The first-order chi connectivity index (χ1) is 10.9. The average Bonchev–Trinajstić information content (AvgIpc) is 2.74. The minimum atomic E-state index is -0.555. The molecule has 1 unspecified atom stereocenters. The van der Waals surface area contributed by atoms with Crippen molar-refractivity contribution >= 4 is 17.6 Å². The summed E-state index contributed by atoms with van der Waals surface area (Å²) in [5.74, 6) is 0.910. The highest BCUT2D eigenvalue weighted by Crippen LogP contribution is 2.26. The summed E-state index contributed by atoms with van der Waals surface area (Å²) in [6, 6.07) is -0.555. The Hall–Kier alpha value is -1.85. The molecule has 1 aliphatic carbocycles. The van der Waals surface area contributed by atoms with Crippen molar-refractivity contribution in [3.05, 3.63) is 11.3 Å². The van der Waals surface area contributed by atoms with Crippen LogP contribution < -0.4 is 10.6 Å². The van der Waals surface area contributed by atoms with Crippen LogP contribution in [0.2, 0.25) is 0 Å². The number of anilines is 1. The van der Waals surface area contributed by atoms with Crippen LogP contribution >= 0.6 is 0 Å². The van der Waals surface area contributed by atoms with Crippen molar-refractivity contribution in [2.75, 3.05) is 5.32 Å². The van der Waals surface area contributed by atoms with E-state index in [0.717, 1.165) is 24.1 Å². The van der Waals surface area contributed by atoms with Crippen LogP contribution in [-0.2, 0) is 16.6 Å². The molecule has 1 aliphatic rings. The Kier molecular flexibility index (Phi) is 5.80. The number of hydrogen-bond donors (Lipinski definition) is 2. The third-order valence-electron chi connectivity index (χ3n) is 4.73. The van der Waals surface area contributed by atoms with E-state index in [0.29, 0.717) is 18.2 Å². The van der Waals surface area contributed by atoms with E-state index in [1.165, 1.54) is 19.3 Å². The van der Waals surface area contributed by atoms with Crippen LogP contribution in [0.15, 0.2) is 0 Å². The Labute approximate surface area is 138 Å². The fourth-order valence-electron chi connectivity index (χ4n) is 3.18. The first kappa shape index (κ1) is 17.5. The second-order valence-corrected chi connectivity index (χ2v) is 6.67. The van der Waals surface area contributed by atoms with Crippen molar-refractivity contribution in [3.63, 3.8) is 0 Å². The smallest absolute Gasteiger partial charge is 0.247 e. The molecule has 0 bridgehead atoms. The average molecular weight is 320 g/mol. The summed E-state index contributed by atoms with van der Waals surface area (Å²) < 4.78 is 1.65. The largest absolute Gasteiger partial charge is 0.345 e. The Balaban J connectivity index is 1.85.